The van der Waals surface area contributed by atoms with Gasteiger partial charge in [-0.1, -0.05) is 6.07 Å². The van der Waals surface area contributed by atoms with Gasteiger partial charge in [-0.2, -0.15) is 0 Å². The first kappa shape index (κ1) is 17.5. The van der Waals surface area contributed by atoms with Crippen molar-refractivity contribution in [2.24, 2.45) is 0 Å². The summed E-state index contributed by atoms with van der Waals surface area (Å²) in [6.07, 6.45) is 0.327. The molecule has 2 aromatic carbocycles. The molecular formula is C17H18FNO5S. The van der Waals surface area contributed by atoms with Crippen molar-refractivity contribution in [3.05, 3.63) is 53.8 Å². The smallest absolute Gasteiger partial charge is 0.231 e. The molecule has 8 heteroatoms. The first-order valence-electron chi connectivity index (χ1n) is 7.76. The zero-order valence-electron chi connectivity index (χ0n) is 13.4. The molecule has 134 valence electrons. The Morgan fingerprint density at radius 2 is 1.84 bits per heavy atom. The van der Waals surface area contributed by atoms with Crippen LogP contribution in [0.15, 0.2) is 42.5 Å². The van der Waals surface area contributed by atoms with Crippen LogP contribution in [-0.2, 0) is 16.6 Å². The minimum Gasteiger partial charge on any atom is -0.494 e. The topological polar surface area (TPSA) is 73.9 Å². The number of rotatable bonds is 8. The van der Waals surface area contributed by atoms with Crippen molar-refractivity contribution >= 4 is 10.0 Å². The fourth-order valence-electron chi connectivity index (χ4n) is 2.29. The van der Waals surface area contributed by atoms with E-state index in [2.05, 4.69) is 4.72 Å². The van der Waals surface area contributed by atoms with Crippen LogP contribution in [0.25, 0.3) is 0 Å². The van der Waals surface area contributed by atoms with E-state index in [0.717, 1.165) is 5.56 Å². The van der Waals surface area contributed by atoms with Crippen LogP contribution in [0.5, 0.6) is 17.2 Å². The number of hydrogen-bond acceptors (Lipinski definition) is 5. The molecule has 0 aliphatic carbocycles. The second-order valence-electron chi connectivity index (χ2n) is 5.48. The van der Waals surface area contributed by atoms with Gasteiger partial charge in [-0.05, 0) is 48.4 Å². The van der Waals surface area contributed by atoms with Crippen molar-refractivity contribution < 1.29 is 27.0 Å². The highest BCUT2D eigenvalue weighted by Crippen LogP contribution is 2.32. The largest absolute Gasteiger partial charge is 0.494 e. The summed E-state index contributed by atoms with van der Waals surface area (Å²) in [5.74, 6) is 1.38. The zero-order chi connectivity index (χ0) is 17.7. The summed E-state index contributed by atoms with van der Waals surface area (Å²) in [7, 11) is -3.42. The van der Waals surface area contributed by atoms with E-state index < -0.39 is 10.0 Å². The maximum absolute atomic E-state index is 12.8. The maximum atomic E-state index is 12.8. The minimum atomic E-state index is -3.42. The molecule has 2 aromatic rings. The molecule has 1 aliphatic heterocycles. The average molecular weight is 367 g/mol. The van der Waals surface area contributed by atoms with Crippen LogP contribution in [0.3, 0.4) is 0 Å². The predicted octanol–water partition coefficient (Wildman–Crippen LogP) is 2.44. The first-order chi connectivity index (χ1) is 12.0. The molecule has 0 atom stereocenters. The summed E-state index contributed by atoms with van der Waals surface area (Å²) in [6.45, 7) is 0.590. The minimum absolute atomic E-state index is 0.0568. The Balaban J connectivity index is 1.42. The highest BCUT2D eigenvalue weighted by Gasteiger charge is 2.15. The Labute approximate surface area is 145 Å². The van der Waals surface area contributed by atoms with Gasteiger partial charge in [0, 0.05) is 6.54 Å². The van der Waals surface area contributed by atoms with Crippen LogP contribution < -0.4 is 18.9 Å². The summed E-state index contributed by atoms with van der Waals surface area (Å²) in [6, 6.07) is 10.9. The number of hydrogen-bond donors (Lipinski definition) is 1. The number of nitrogens with one attached hydrogen (secondary N) is 1. The molecule has 0 unspecified atom stereocenters. The molecule has 0 bridgehead atoms. The van der Waals surface area contributed by atoms with Crippen LogP contribution in [0, 0.1) is 5.82 Å². The lowest BCUT2D eigenvalue weighted by Gasteiger charge is -2.09. The standard InChI is InChI=1S/C17H18FNO5S/c18-14-3-5-15(6-4-14)22-8-1-9-25(20,21)19-11-13-2-7-16-17(10-13)24-12-23-16/h2-7,10,19H,1,8-9,11-12H2. The van der Waals surface area contributed by atoms with Gasteiger partial charge in [-0.25, -0.2) is 17.5 Å². The van der Waals surface area contributed by atoms with E-state index in [4.69, 9.17) is 14.2 Å². The quantitative estimate of drug-likeness (QED) is 0.726. The SMILES string of the molecule is O=S(=O)(CCCOc1ccc(F)cc1)NCc1ccc2c(c1)OCO2. The van der Waals surface area contributed by atoms with Crippen molar-refractivity contribution in [3.8, 4) is 17.2 Å². The molecule has 25 heavy (non-hydrogen) atoms. The van der Waals surface area contributed by atoms with E-state index in [-0.39, 0.29) is 31.5 Å². The molecule has 0 radical (unpaired) electrons. The summed E-state index contributed by atoms with van der Waals surface area (Å²) in [5.41, 5.74) is 0.787. The van der Waals surface area contributed by atoms with E-state index >= 15 is 0 Å². The predicted molar refractivity (Wildman–Crippen MR) is 89.7 cm³/mol. The molecule has 0 saturated carbocycles. The van der Waals surface area contributed by atoms with Crippen molar-refractivity contribution in [1.82, 2.24) is 4.72 Å². The van der Waals surface area contributed by atoms with E-state index in [9.17, 15) is 12.8 Å². The Morgan fingerprint density at radius 3 is 2.64 bits per heavy atom. The second-order valence-corrected chi connectivity index (χ2v) is 7.41. The van der Waals surface area contributed by atoms with E-state index in [1.54, 1.807) is 18.2 Å². The molecule has 1 heterocycles. The molecule has 3 rings (SSSR count). The summed E-state index contributed by atoms with van der Waals surface area (Å²) in [5, 5.41) is 0. The monoisotopic (exact) mass is 367 g/mol. The molecule has 0 fully saturated rings. The van der Waals surface area contributed by atoms with Crippen LogP contribution in [0.1, 0.15) is 12.0 Å². The van der Waals surface area contributed by atoms with Crippen LogP contribution >= 0.6 is 0 Å². The lowest BCUT2D eigenvalue weighted by atomic mass is 10.2. The van der Waals surface area contributed by atoms with Gasteiger partial charge >= 0.3 is 0 Å². The van der Waals surface area contributed by atoms with Crippen molar-refractivity contribution in [2.45, 2.75) is 13.0 Å². The summed E-state index contributed by atoms with van der Waals surface area (Å²) in [4.78, 5) is 0. The number of halogens is 1. The summed E-state index contributed by atoms with van der Waals surface area (Å²) >= 11 is 0. The Morgan fingerprint density at radius 1 is 1.08 bits per heavy atom. The van der Waals surface area contributed by atoms with Gasteiger partial charge in [0.15, 0.2) is 11.5 Å². The Hall–Kier alpha value is -2.32. The van der Waals surface area contributed by atoms with Gasteiger partial charge in [0.2, 0.25) is 16.8 Å². The third-order valence-electron chi connectivity index (χ3n) is 3.57. The number of ether oxygens (including phenoxy) is 3. The molecular weight excluding hydrogens is 349 g/mol. The number of fused-ring (bicyclic) bond motifs is 1. The highest BCUT2D eigenvalue weighted by molar-refractivity contribution is 7.89. The maximum Gasteiger partial charge on any atom is 0.231 e. The van der Waals surface area contributed by atoms with Crippen molar-refractivity contribution in [2.75, 3.05) is 19.2 Å². The van der Waals surface area contributed by atoms with Gasteiger partial charge in [0.1, 0.15) is 11.6 Å². The molecule has 1 N–H and O–H groups in total. The number of benzene rings is 2. The molecule has 0 amide bonds. The van der Waals surface area contributed by atoms with E-state index in [1.165, 1.54) is 24.3 Å². The van der Waals surface area contributed by atoms with Crippen molar-refractivity contribution in [3.63, 3.8) is 0 Å². The molecule has 0 saturated heterocycles. The zero-order valence-corrected chi connectivity index (χ0v) is 14.2. The molecule has 0 aromatic heterocycles. The Kier molecular flexibility index (Phi) is 5.40. The van der Waals surface area contributed by atoms with Gasteiger partial charge in [0.05, 0.1) is 12.4 Å². The lowest BCUT2D eigenvalue weighted by Crippen LogP contribution is -2.26. The molecule has 0 spiro atoms. The fraction of sp³-hybridized carbons (Fsp3) is 0.294. The van der Waals surface area contributed by atoms with Gasteiger partial charge in [0.25, 0.3) is 0 Å². The van der Waals surface area contributed by atoms with Crippen LogP contribution in [0.4, 0.5) is 4.39 Å². The van der Waals surface area contributed by atoms with Crippen LogP contribution in [-0.4, -0.2) is 27.6 Å². The third kappa shape index (κ3) is 5.07. The third-order valence-corrected chi connectivity index (χ3v) is 4.98. The van der Waals surface area contributed by atoms with Gasteiger partial charge < -0.3 is 14.2 Å². The molecule has 1 aliphatic rings. The fourth-order valence-corrected chi connectivity index (χ4v) is 3.31. The first-order valence-corrected chi connectivity index (χ1v) is 9.41. The second kappa shape index (κ2) is 7.71. The van der Waals surface area contributed by atoms with Gasteiger partial charge in [-0.3, -0.25) is 0 Å². The van der Waals surface area contributed by atoms with Crippen molar-refractivity contribution in [1.29, 1.82) is 0 Å². The normalized spacial score (nSPS) is 13.0. The summed E-state index contributed by atoms with van der Waals surface area (Å²) < 4.78 is 55.2. The lowest BCUT2D eigenvalue weighted by molar-refractivity contribution is 0.174. The highest BCUT2D eigenvalue weighted by atomic mass is 32.2. The van der Waals surface area contributed by atoms with E-state index in [1.807, 2.05) is 0 Å². The van der Waals surface area contributed by atoms with Gasteiger partial charge in [-0.15, -0.1) is 0 Å². The van der Waals surface area contributed by atoms with E-state index in [0.29, 0.717) is 23.7 Å². The average Bonchev–Trinajstić information content (AvgIpc) is 3.06. The molecule has 6 nitrogen and oxygen atoms in total. The Bertz CT molecular complexity index is 823. The van der Waals surface area contributed by atoms with Crippen LogP contribution in [0.2, 0.25) is 0 Å². The number of sulfonamides is 1.